The number of halogens is 1. The summed E-state index contributed by atoms with van der Waals surface area (Å²) in [6.07, 6.45) is -0.0529. The molecule has 0 spiro atoms. The Bertz CT molecular complexity index is 826. The van der Waals surface area contributed by atoms with Gasteiger partial charge in [-0.25, -0.2) is 0 Å². The summed E-state index contributed by atoms with van der Waals surface area (Å²) in [5.41, 5.74) is 2.45. The van der Waals surface area contributed by atoms with Crippen molar-refractivity contribution in [2.75, 3.05) is 13.2 Å². The number of hydrogen-bond acceptors (Lipinski definition) is 4. The maximum absolute atomic E-state index is 12.8. The largest absolute Gasteiger partial charge is 0.396 e. The Balaban J connectivity index is 2.24. The minimum absolute atomic E-state index is 0.0529. The molecule has 0 aliphatic carbocycles. The van der Waals surface area contributed by atoms with Crippen molar-refractivity contribution >= 4 is 33.4 Å². The Kier molecular flexibility index (Phi) is 6.27. The van der Waals surface area contributed by atoms with Crippen LogP contribution in [-0.2, 0) is 4.79 Å². The number of aliphatic hydroxyl groups excluding tert-OH is 1. The summed E-state index contributed by atoms with van der Waals surface area (Å²) in [7, 11) is 0. The van der Waals surface area contributed by atoms with Gasteiger partial charge in [0.05, 0.1) is 18.8 Å². The number of amides is 1. The summed E-state index contributed by atoms with van der Waals surface area (Å²) in [4.78, 5) is 39.4. The van der Waals surface area contributed by atoms with E-state index in [-0.39, 0.29) is 31.1 Å². The molecule has 0 bridgehead atoms. The molecule has 0 aliphatic heterocycles. The predicted octanol–water partition coefficient (Wildman–Crippen LogP) is 2.31. The van der Waals surface area contributed by atoms with E-state index in [9.17, 15) is 14.4 Å². The van der Waals surface area contributed by atoms with Crippen LogP contribution in [0.15, 0.2) is 28.7 Å². The number of hydrogen-bond donors (Lipinski definition) is 3. The van der Waals surface area contributed by atoms with Gasteiger partial charge in [-0.2, -0.15) is 0 Å². The van der Waals surface area contributed by atoms with Gasteiger partial charge in [0.25, 0.3) is 0 Å². The summed E-state index contributed by atoms with van der Waals surface area (Å²) < 4.78 is 0.798. The number of aromatic amines is 1. The number of nitrogens with one attached hydrogen (secondary N) is 2. The van der Waals surface area contributed by atoms with Gasteiger partial charge in [0.2, 0.25) is 5.91 Å². The Morgan fingerprint density at radius 2 is 1.96 bits per heavy atom. The molecule has 0 fully saturated rings. The minimum atomic E-state index is -0.401. The molecule has 0 saturated carbocycles. The molecule has 7 heteroatoms. The monoisotopic (exact) mass is 406 g/mol. The molecular weight excluding hydrogens is 388 g/mol. The van der Waals surface area contributed by atoms with Gasteiger partial charge in [0, 0.05) is 27.7 Å². The van der Waals surface area contributed by atoms with Gasteiger partial charge in [-0.1, -0.05) is 28.1 Å². The first-order valence-electron chi connectivity index (χ1n) is 7.75. The van der Waals surface area contributed by atoms with Gasteiger partial charge in [0.15, 0.2) is 11.6 Å². The van der Waals surface area contributed by atoms with E-state index in [4.69, 9.17) is 5.11 Å². The second-order valence-electron chi connectivity index (χ2n) is 5.64. The van der Waals surface area contributed by atoms with Crippen LogP contribution in [0.2, 0.25) is 0 Å². The molecule has 1 amide bonds. The quantitative estimate of drug-likeness (QED) is 0.614. The number of ketones is 2. The molecule has 0 atom stereocenters. The van der Waals surface area contributed by atoms with Crippen LogP contribution < -0.4 is 5.32 Å². The van der Waals surface area contributed by atoms with Crippen LogP contribution in [0.1, 0.15) is 44.1 Å². The van der Waals surface area contributed by atoms with Gasteiger partial charge in [-0.15, -0.1) is 0 Å². The maximum Gasteiger partial charge on any atom is 0.222 e. The maximum atomic E-state index is 12.8. The van der Waals surface area contributed by atoms with Gasteiger partial charge in [0.1, 0.15) is 0 Å². The highest BCUT2D eigenvalue weighted by molar-refractivity contribution is 9.10. The van der Waals surface area contributed by atoms with E-state index in [1.165, 1.54) is 0 Å². The molecule has 1 heterocycles. The SMILES string of the molecule is Cc1[nH]c(C(=O)CNC(=O)CCO)c(C)c1C(=O)c1cccc(Br)c1. The Morgan fingerprint density at radius 3 is 2.60 bits per heavy atom. The Labute approximate surface area is 153 Å². The fraction of sp³-hybridized carbons (Fsp3) is 0.278. The van der Waals surface area contributed by atoms with Crippen molar-refractivity contribution in [3.8, 4) is 0 Å². The number of rotatable bonds is 7. The first-order chi connectivity index (χ1) is 11.8. The standard InChI is InChI=1S/C18H19BrN2O4/c1-10-16(18(25)12-4-3-5-13(19)8-12)11(2)21-17(10)14(23)9-20-15(24)6-7-22/h3-5,8,21-22H,6-7,9H2,1-2H3,(H,20,24). The number of carbonyl (C=O) groups excluding carboxylic acids is 3. The van der Waals surface area contributed by atoms with Crippen LogP contribution in [0.4, 0.5) is 0 Å². The number of aliphatic hydroxyl groups is 1. The molecule has 0 aliphatic rings. The van der Waals surface area contributed by atoms with E-state index in [0.717, 1.165) is 4.47 Å². The van der Waals surface area contributed by atoms with E-state index in [2.05, 4.69) is 26.2 Å². The third-order valence-electron chi connectivity index (χ3n) is 3.82. The summed E-state index contributed by atoms with van der Waals surface area (Å²) in [6, 6.07) is 7.05. The highest BCUT2D eigenvalue weighted by atomic mass is 79.9. The smallest absolute Gasteiger partial charge is 0.222 e. The molecule has 0 unspecified atom stereocenters. The zero-order valence-corrected chi connectivity index (χ0v) is 15.6. The van der Waals surface area contributed by atoms with Crippen molar-refractivity contribution in [1.29, 1.82) is 0 Å². The lowest BCUT2D eigenvalue weighted by Gasteiger charge is -2.05. The fourth-order valence-electron chi connectivity index (χ4n) is 2.60. The molecular formula is C18H19BrN2O4. The normalized spacial score (nSPS) is 10.6. The average Bonchev–Trinajstić information content (AvgIpc) is 2.87. The van der Waals surface area contributed by atoms with Crippen LogP contribution in [-0.4, -0.2) is 40.7 Å². The van der Waals surface area contributed by atoms with Crippen molar-refractivity contribution in [3.05, 3.63) is 56.8 Å². The minimum Gasteiger partial charge on any atom is -0.396 e. The lowest BCUT2D eigenvalue weighted by molar-refractivity contribution is -0.121. The molecule has 2 rings (SSSR count). The van der Waals surface area contributed by atoms with Gasteiger partial charge < -0.3 is 15.4 Å². The number of aromatic nitrogens is 1. The zero-order chi connectivity index (χ0) is 18.6. The molecule has 0 saturated heterocycles. The highest BCUT2D eigenvalue weighted by Crippen LogP contribution is 2.23. The predicted molar refractivity (Wildman–Crippen MR) is 96.9 cm³/mol. The van der Waals surface area contributed by atoms with Gasteiger partial charge >= 0.3 is 0 Å². The molecule has 25 heavy (non-hydrogen) atoms. The Hall–Kier alpha value is -2.25. The van der Waals surface area contributed by atoms with Gasteiger partial charge in [-0.05, 0) is 31.5 Å². The lowest BCUT2D eigenvalue weighted by Crippen LogP contribution is -2.30. The van der Waals surface area contributed by atoms with Gasteiger partial charge in [-0.3, -0.25) is 14.4 Å². The second kappa shape index (κ2) is 8.22. The summed E-state index contributed by atoms with van der Waals surface area (Å²) in [5.74, 6) is -0.890. The van der Waals surface area contributed by atoms with E-state index < -0.39 is 5.91 Å². The Morgan fingerprint density at radius 1 is 1.24 bits per heavy atom. The van der Waals surface area contributed by atoms with Crippen LogP contribution >= 0.6 is 15.9 Å². The van der Waals surface area contributed by atoms with Crippen molar-refractivity contribution < 1.29 is 19.5 Å². The van der Waals surface area contributed by atoms with E-state index >= 15 is 0 Å². The summed E-state index contributed by atoms with van der Waals surface area (Å²) in [6.45, 7) is 2.98. The van der Waals surface area contributed by atoms with Crippen molar-refractivity contribution in [2.45, 2.75) is 20.3 Å². The topological polar surface area (TPSA) is 99.3 Å². The first kappa shape index (κ1) is 19.1. The molecule has 1 aromatic carbocycles. The van der Waals surface area contributed by atoms with E-state index in [1.54, 1.807) is 32.0 Å². The van der Waals surface area contributed by atoms with Crippen LogP contribution in [0.3, 0.4) is 0 Å². The van der Waals surface area contributed by atoms with E-state index in [1.807, 2.05) is 6.07 Å². The number of benzene rings is 1. The molecule has 3 N–H and O–H groups in total. The van der Waals surface area contributed by atoms with Crippen molar-refractivity contribution in [2.24, 2.45) is 0 Å². The summed E-state index contributed by atoms with van der Waals surface area (Å²) >= 11 is 3.34. The molecule has 6 nitrogen and oxygen atoms in total. The highest BCUT2D eigenvalue weighted by Gasteiger charge is 2.23. The zero-order valence-electron chi connectivity index (χ0n) is 14.0. The molecule has 0 radical (unpaired) electrons. The van der Waals surface area contributed by atoms with E-state index in [0.29, 0.717) is 28.1 Å². The third-order valence-corrected chi connectivity index (χ3v) is 4.31. The number of carbonyl (C=O) groups is 3. The number of Topliss-reactive ketones (excluding diaryl/α,β-unsaturated/α-hetero) is 1. The van der Waals surface area contributed by atoms with Crippen molar-refractivity contribution in [1.82, 2.24) is 10.3 Å². The molecule has 2 aromatic rings. The van der Waals surface area contributed by atoms with Crippen molar-refractivity contribution in [3.63, 3.8) is 0 Å². The second-order valence-corrected chi connectivity index (χ2v) is 6.55. The third kappa shape index (κ3) is 4.43. The lowest BCUT2D eigenvalue weighted by atomic mass is 9.99. The molecule has 1 aromatic heterocycles. The summed E-state index contributed by atoms with van der Waals surface area (Å²) in [5, 5.41) is 11.1. The fourth-order valence-corrected chi connectivity index (χ4v) is 3.00. The number of aryl methyl sites for hydroxylation is 1. The van der Waals surface area contributed by atoms with Crippen LogP contribution in [0.25, 0.3) is 0 Å². The van der Waals surface area contributed by atoms with Crippen LogP contribution in [0.5, 0.6) is 0 Å². The number of H-pyrrole nitrogens is 1. The van der Waals surface area contributed by atoms with Crippen LogP contribution in [0, 0.1) is 13.8 Å². The molecule has 132 valence electrons. The average molecular weight is 407 g/mol. The first-order valence-corrected chi connectivity index (χ1v) is 8.54.